The lowest BCUT2D eigenvalue weighted by atomic mass is 10.2. The van der Waals surface area contributed by atoms with Crippen LogP contribution < -0.4 is 19.5 Å². The normalized spacial score (nSPS) is 11.0. The number of hydrogen-bond acceptors (Lipinski definition) is 5. The highest BCUT2D eigenvalue weighted by atomic mass is 32.2. The molecule has 2 aromatic rings. The summed E-state index contributed by atoms with van der Waals surface area (Å²) in [6, 6.07) is 13.3. The minimum atomic E-state index is -3.78. The molecule has 140 valence electrons. The second-order valence-corrected chi connectivity index (χ2v) is 7.05. The number of benzene rings is 2. The van der Waals surface area contributed by atoms with Crippen LogP contribution >= 0.6 is 0 Å². The molecule has 0 saturated heterocycles. The van der Waals surface area contributed by atoms with E-state index < -0.39 is 15.9 Å². The zero-order chi connectivity index (χ0) is 19.0. The Balaban J connectivity index is 2.05. The van der Waals surface area contributed by atoms with Crippen molar-refractivity contribution in [3.05, 3.63) is 54.1 Å². The number of methoxy groups -OCH3 is 1. The SMILES string of the molecule is CCNC(=O)c1cc(S(=O)(=O)NCCOc2ccccc2)ccc1OC. The van der Waals surface area contributed by atoms with E-state index in [1.54, 1.807) is 19.1 Å². The predicted molar refractivity (Wildman–Crippen MR) is 98.1 cm³/mol. The van der Waals surface area contributed by atoms with Gasteiger partial charge in [-0.25, -0.2) is 13.1 Å². The quantitative estimate of drug-likeness (QED) is 0.649. The third kappa shape index (κ3) is 5.21. The van der Waals surface area contributed by atoms with Crippen LogP contribution in [0.15, 0.2) is 53.4 Å². The average molecular weight is 378 g/mol. The summed E-state index contributed by atoms with van der Waals surface area (Å²) in [5, 5.41) is 2.63. The molecule has 0 radical (unpaired) electrons. The molecular weight excluding hydrogens is 356 g/mol. The number of carbonyl (C=O) groups is 1. The first-order valence-corrected chi connectivity index (χ1v) is 9.60. The number of nitrogens with one attached hydrogen (secondary N) is 2. The van der Waals surface area contributed by atoms with Crippen LogP contribution in [0.2, 0.25) is 0 Å². The maximum absolute atomic E-state index is 12.4. The lowest BCUT2D eigenvalue weighted by molar-refractivity contribution is 0.0952. The van der Waals surface area contributed by atoms with Crippen molar-refractivity contribution >= 4 is 15.9 Å². The van der Waals surface area contributed by atoms with E-state index in [0.29, 0.717) is 18.0 Å². The molecule has 2 rings (SSSR count). The van der Waals surface area contributed by atoms with Crippen LogP contribution in [0, 0.1) is 0 Å². The van der Waals surface area contributed by atoms with E-state index in [9.17, 15) is 13.2 Å². The van der Waals surface area contributed by atoms with E-state index in [1.807, 2.05) is 18.2 Å². The van der Waals surface area contributed by atoms with Crippen LogP contribution in [0.3, 0.4) is 0 Å². The number of ether oxygens (including phenoxy) is 2. The molecule has 8 heteroatoms. The first-order valence-electron chi connectivity index (χ1n) is 8.11. The minimum Gasteiger partial charge on any atom is -0.496 e. The zero-order valence-electron chi connectivity index (χ0n) is 14.7. The number of sulfonamides is 1. The van der Waals surface area contributed by atoms with Crippen molar-refractivity contribution in [2.75, 3.05) is 26.8 Å². The largest absolute Gasteiger partial charge is 0.496 e. The zero-order valence-corrected chi connectivity index (χ0v) is 15.5. The van der Waals surface area contributed by atoms with Crippen LogP contribution in [-0.4, -0.2) is 41.1 Å². The first kappa shape index (κ1) is 19.7. The van der Waals surface area contributed by atoms with Crippen LogP contribution in [0.25, 0.3) is 0 Å². The smallest absolute Gasteiger partial charge is 0.255 e. The molecule has 0 aliphatic heterocycles. The van der Waals surface area contributed by atoms with Crippen molar-refractivity contribution in [1.29, 1.82) is 0 Å². The molecule has 0 aromatic heterocycles. The maximum Gasteiger partial charge on any atom is 0.255 e. The first-order chi connectivity index (χ1) is 12.5. The van der Waals surface area contributed by atoms with Crippen molar-refractivity contribution in [3.8, 4) is 11.5 Å². The van der Waals surface area contributed by atoms with E-state index in [2.05, 4.69) is 10.0 Å². The third-order valence-corrected chi connectivity index (χ3v) is 4.93. The molecule has 0 unspecified atom stereocenters. The molecule has 0 aliphatic rings. The van der Waals surface area contributed by atoms with Gasteiger partial charge in [0.2, 0.25) is 10.0 Å². The number of rotatable bonds is 9. The van der Waals surface area contributed by atoms with Crippen molar-refractivity contribution < 1.29 is 22.7 Å². The highest BCUT2D eigenvalue weighted by molar-refractivity contribution is 7.89. The molecule has 0 spiro atoms. The third-order valence-electron chi connectivity index (χ3n) is 3.47. The Morgan fingerprint density at radius 3 is 2.50 bits per heavy atom. The Kier molecular flexibility index (Phi) is 6.99. The summed E-state index contributed by atoms with van der Waals surface area (Å²) < 4.78 is 37.9. The Bertz CT molecular complexity index is 838. The molecular formula is C18H22N2O5S. The number of hydrogen-bond donors (Lipinski definition) is 2. The average Bonchev–Trinajstić information content (AvgIpc) is 2.65. The van der Waals surface area contributed by atoms with Gasteiger partial charge in [0.15, 0.2) is 0 Å². The predicted octanol–water partition coefficient (Wildman–Crippen LogP) is 1.80. The molecule has 0 aliphatic carbocycles. The Hall–Kier alpha value is -2.58. The molecule has 0 saturated carbocycles. The van der Waals surface area contributed by atoms with Crippen molar-refractivity contribution in [3.63, 3.8) is 0 Å². The summed E-state index contributed by atoms with van der Waals surface area (Å²) in [6.45, 7) is 2.48. The van der Waals surface area contributed by atoms with Crippen LogP contribution in [-0.2, 0) is 10.0 Å². The fourth-order valence-corrected chi connectivity index (χ4v) is 3.27. The van der Waals surface area contributed by atoms with E-state index in [1.165, 1.54) is 25.3 Å². The summed E-state index contributed by atoms with van der Waals surface area (Å²) in [6.07, 6.45) is 0. The van der Waals surface area contributed by atoms with Crippen molar-refractivity contribution in [1.82, 2.24) is 10.0 Å². The molecule has 0 fully saturated rings. The summed E-state index contributed by atoms with van der Waals surface area (Å²) >= 11 is 0. The van der Waals surface area contributed by atoms with E-state index in [0.717, 1.165) is 0 Å². The minimum absolute atomic E-state index is 0.0146. The van der Waals surface area contributed by atoms with Crippen LogP contribution in [0.5, 0.6) is 11.5 Å². The molecule has 26 heavy (non-hydrogen) atoms. The molecule has 2 N–H and O–H groups in total. The van der Waals surface area contributed by atoms with E-state index >= 15 is 0 Å². The van der Waals surface area contributed by atoms with Crippen molar-refractivity contribution in [2.24, 2.45) is 0 Å². The number of carbonyl (C=O) groups excluding carboxylic acids is 1. The van der Waals surface area contributed by atoms with Gasteiger partial charge in [-0.1, -0.05) is 18.2 Å². The van der Waals surface area contributed by atoms with Gasteiger partial charge in [0.05, 0.1) is 17.6 Å². The van der Waals surface area contributed by atoms with Gasteiger partial charge in [-0.3, -0.25) is 4.79 Å². The summed E-state index contributed by atoms with van der Waals surface area (Å²) in [4.78, 5) is 12.1. The second kappa shape index (κ2) is 9.21. The van der Waals surface area contributed by atoms with Gasteiger partial charge in [0, 0.05) is 13.1 Å². The monoisotopic (exact) mass is 378 g/mol. The maximum atomic E-state index is 12.4. The molecule has 2 aromatic carbocycles. The van der Waals surface area contributed by atoms with E-state index in [4.69, 9.17) is 9.47 Å². The van der Waals surface area contributed by atoms with Gasteiger partial charge in [-0.2, -0.15) is 0 Å². The lowest BCUT2D eigenvalue weighted by Gasteiger charge is -2.12. The van der Waals surface area contributed by atoms with E-state index in [-0.39, 0.29) is 23.6 Å². The highest BCUT2D eigenvalue weighted by Gasteiger charge is 2.19. The van der Waals surface area contributed by atoms with Gasteiger partial charge in [0.25, 0.3) is 5.91 Å². The van der Waals surface area contributed by atoms with Gasteiger partial charge < -0.3 is 14.8 Å². The summed E-state index contributed by atoms with van der Waals surface area (Å²) in [7, 11) is -2.35. The molecule has 0 bridgehead atoms. The van der Waals surface area contributed by atoms with Crippen LogP contribution in [0.4, 0.5) is 0 Å². The summed E-state index contributed by atoms with van der Waals surface area (Å²) in [5.74, 6) is 0.575. The fraction of sp³-hybridized carbons (Fsp3) is 0.278. The highest BCUT2D eigenvalue weighted by Crippen LogP contribution is 2.22. The van der Waals surface area contributed by atoms with Gasteiger partial charge in [-0.15, -0.1) is 0 Å². The van der Waals surface area contributed by atoms with Crippen LogP contribution in [0.1, 0.15) is 17.3 Å². The Morgan fingerprint density at radius 2 is 1.85 bits per heavy atom. The number of amides is 1. The standard InChI is InChI=1S/C18H22N2O5S/c1-3-19-18(21)16-13-15(9-10-17(16)24-2)26(22,23)20-11-12-25-14-7-5-4-6-8-14/h4-10,13,20H,3,11-12H2,1-2H3,(H,19,21). The van der Waals surface area contributed by atoms with Crippen molar-refractivity contribution in [2.45, 2.75) is 11.8 Å². The second-order valence-electron chi connectivity index (χ2n) is 5.28. The summed E-state index contributed by atoms with van der Waals surface area (Å²) in [5.41, 5.74) is 0.165. The van der Waals surface area contributed by atoms with Gasteiger partial charge >= 0.3 is 0 Å². The molecule has 7 nitrogen and oxygen atoms in total. The van der Waals surface area contributed by atoms with Gasteiger partial charge in [-0.05, 0) is 37.3 Å². The van der Waals surface area contributed by atoms with Gasteiger partial charge in [0.1, 0.15) is 18.1 Å². The molecule has 1 amide bonds. The number of para-hydroxylation sites is 1. The molecule has 0 heterocycles. The lowest BCUT2D eigenvalue weighted by Crippen LogP contribution is -2.29. The Labute approximate surface area is 153 Å². The fourth-order valence-electron chi connectivity index (χ4n) is 2.23. The molecule has 0 atom stereocenters. The Morgan fingerprint density at radius 1 is 1.12 bits per heavy atom. The topological polar surface area (TPSA) is 93.7 Å².